The van der Waals surface area contributed by atoms with Crippen molar-refractivity contribution in [1.82, 2.24) is 4.98 Å². The van der Waals surface area contributed by atoms with Crippen LogP contribution in [0.5, 0.6) is 0 Å². The summed E-state index contributed by atoms with van der Waals surface area (Å²) < 4.78 is 5.98. The van der Waals surface area contributed by atoms with E-state index in [1.165, 1.54) is 5.56 Å². The van der Waals surface area contributed by atoms with E-state index in [9.17, 15) is 9.90 Å². The molecule has 2 heterocycles. The van der Waals surface area contributed by atoms with Crippen LogP contribution in [0.3, 0.4) is 0 Å². The lowest BCUT2D eigenvalue weighted by Gasteiger charge is -2.45. The van der Waals surface area contributed by atoms with E-state index in [0.29, 0.717) is 24.7 Å². The van der Waals surface area contributed by atoms with Gasteiger partial charge in [0.2, 0.25) is 0 Å². The van der Waals surface area contributed by atoms with Crippen LogP contribution in [0.4, 0.5) is 5.69 Å². The molecule has 1 aliphatic carbocycles. The van der Waals surface area contributed by atoms with Gasteiger partial charge in [-0.3, -0.25) is 9.78 Å². The Hall–Kier alpha value is -2.24. The van der Waals surface area contributed by atoms with Gasteiger partial charge in [0, 0.05) is 17.2 Å². The number of anilines is 1. The third-order valence-electron chi connectivity index (χ3n) is 6.63. The predicted molar refractivity (Wildman–Crippen MR) is 108 cm³/mol. The van der Waals surface area contributed by atoms with Gasteiger partial charge in [-0.1, -0.05) is 13.0 Å². The zero-order valence-electron chi connectivity index (χ0n) is 16.6. The molecule has 0 bridgehead atoms. The number of aryl methyl sites for hydroxylation is 1. The third-order valence-corrected chi connectivity index (χ3v) is 6.63. The topological polar surface area (TPSA) is 71.5 Å². The summed E-state index contributed by atoms with van der Waals surface area (Å²) in [6.45, 7) is 5.28. The average Bonchev–Trinajstić information content (AvgIpc) is 2.86. The quantitative estimate of drug-likeness (QED) is 0.845. The van der Waals surface area contributed by atoms with Crippen LogP contribution in [0.1, 0.15) is 59.8 Å². The molecule has 5 nitrogen and oxygen atoms in total. The lowest BCUT2D eigenvalue weighted by molar-refractivity contribution is 0.000395. The molecule has 1 aromatic heterocycles. The minimum Gasteiger partial charge on any atom is -0.393 e. The van der Waals surface area contributed by atoms with Gasteiger partial charge in [0.25, 0.3) is 5.91 Å². The molecule has 3 atom stereocenters. The zero-order chi connectivity index (χ0) is 19.7. The number of nitrogens with zero attached hydrogens (tertiary/aromatic N) is 1. The Kier molecular flexibility index (Phi) is 5.21. The first-order chi connectivity index (χ1) is 13.5. The predicted octanol–water partition coefficient (Wildman–Crippen LogP) is 3.98. The third kappa shape index (κ3) is 3.33. The SMILES string of the molecule is CCC12CCC(O)CC1COCc1cc(C(=O)Nc3cccnc3C)ccc12. The molecular weight excluding hydrogens is 352 g/mol. The minimum atomic E-state index is -0.234. The zero-order valence-corrected chi connectivity index (χ0v) is 16.6. The van der Waals surface area contributed by atoms with Crippen LogP contribution in [-0.4, -0.2) is 28.7 Å². The number of aliphatic hydroxyl groups is 1. The van der Waals surface area contributed by atoms with Crippen molar-refractivity contribution >= 4 is 11.6 Å². The molecule has 4 rings (SSSR count). The molecule has 0 radical (unpaired) electrons. The number of aliphatic hydroxyl groups excluding tert-OH is 1. The van der Waals surface area contributed by atoms with Crippen LogP contribution >= 0.6 is 0 Å². The van der Waals surface area contributed by atoms with E-state index in [0.717, 1.165) is 42.6 Å². The Morgan fingerprint density at radius 3 is 3.04 bits per heavy atom. The molecule has 1 saturated carbocycles. The van der Waals surface area contributed by atoms with Crippen molar-refractivity contribution in [3.05, 3.63) is 58.9 Å². The Labute approximate surface area is 166 Å². The number of carbonyl (C=O) groups is 1. The van der Waals surface area contributed by atoms with Gasteiger partial charge in [-0.25, -0.2) is 0 Å². The van der Waals surface area contributed by atoms with E-state index >= 15 is 0 Å². The average molecular weight is 380 g/mol. The van der Waals surface area contributed by atoms with Crippen molar-refractivity contribution in [2.75, 3.05) is 11.9 Å². The first-order valence-electron chi connectivity index (χ1n) is 10.2. The van der Waals surface area contributed by atoms with E-state index < -0.39 is 0 Å². The molecule has 2 N–H and O–H groups in total. The summed E-state index contributed by atoms with van der Waals surface area (Å²) in [7, 11) is 0. The second kappa shape index (κ2) is 7.64. The van der Waals surface area contributed by atoms with E-state index in [2.05, 4.69) is 23.3 Å². The maximum absolute atomic E-state index is 12.8. The van der Waals surface area contributed by atoms with Gasteiger partial charge in [0.15, 0.2) is 0 Å². The van der Waals surface area contributed by atoms with Gasteiger partial charge >= 0.3 is 0 Å². The van der Waals surface area contributed by atoms with Gasteiger partial charge in [-0.15, -0.1) is 0 Å². The molecule has 3 unspecified atom stereocenters. The fraction of sp³-hybridized carbons (Fsp3) is 0.478. The highest BCUT2D eigenvalue weighted by atomic mass is 16.5. The normalized spacial score (nSPS) is 26.7. The second-order valence-electron chi connectivity index (χ2n) is 8.11. The number of ether oxygens (including phenoxy) is 1. The number of hydrogen-bond donors (Lipinski definition) is 2. The van der Waals surface area contributed by atoms with E-state index in [1.807, 2.05) is 31.2 Å². The van der Waals surface area contributed by atoms with Crippen molar-refractivity contribution < 1.29 is 14.6 Å². The monoisotopic (exact) mass is 380 g/mol. The number of benzene rings is 1. The van der Waals surface area contributed by atoms with Gasteiger partial charge in [0.05, 0.1) is 30.7 Å². The van der Waals surface area contributed by atoms with Gasteiger partial charge < -0.3 is 15.2 Å². The van der Waals surface area contributed by atoms with E-state index in [4.69, 9.17) is 4.74 Å². The van der Waals surface area contributed by atoms with Crippen molar-refractivity contribution in [2.24, 2.45) is 5.92 Å². The second-order valence-corrected chi connectivity index (χ2v) is 8.11. The number of rotatable bonds is 3. The number of pyridine rings is 1. The molecule has 1 amide bonds. The van der Waals surface area contributed by atoms with Gasteiger partial charge in [0.1, 0.15) is 0 Å². The Balaban J connectivity index is 1.66. The summed E-state index contributed by atoms with van der Waals surface area (Å²) in [5.74, 6) is 0.185. The lowest BCUT2D eigenvalue weighted by Crippen LogP contribution is -2.43. The van der Waals surface area contributed by atoms with Gasteiger partial charge in [-0.05, 0) is 73.9 Å². The molecule has 1 aliphatic heterocycles. The van der Waals surface area contributed by atoms with Gasteiger partial charge in [-0.2, -0.15) is 0 Å². The summed E-state index contributed by atoms with van der Waals surface area (Å²) >= 11 is 0. The van der Waals surface area contributed by atoms with Crippen LogP contribution < -0.4 is 5.32 Å². The maximum atomic E-state index is 12.8. The first-order valence-corrected chi connectivity index (χ1v) is 10.2. The number of fused-ring (bicyclic) bond motifs is 3. The highest BCUT2D eigenvalue weighted by Crippen LogP contribution is 2.49. The highest BCUT2D eigenvalue weighted by molar-refractivity contribution is 6.04. The minimum absolute atomic E-state index is 0.0278. The summed E-state index contributed by atoms with van der Waals surface area (Å²) in [4.78, 5) is 17.0. The molecule has 2 aromatic rings. The van der Waals surface area contributed by atoms with E-state index in [-0.39, 0.29) is 17.4 Å². The van der Waals surface area contributed by atoms with Crippen molar-refractivity contribution in [3.63, 3.8) is 0 Å². The number of carbonyl (C=O) groups excluding carboxylic acids is 1. The molecule has 28 heavy (non-hydrogen) atoms. The largest absolute Gasteiger partial charge is 0.393 e. The van der Waals surface area contributed by atoms with Crippen molar-refractivity contribution in [2.45, 2.75) is 57.7 Å². The Morgan fingerprint density at radius 2 is 2.25 bits per heavy atom. The van der Waals surface area contributed by atoms with Crippen molar-refractivity contribution in [1.29, 1.82) is 0 Å². The first kappa shape index (κ1) is 19.1. The van der Waals surface area contributed by atoms with E-state index in [1.54, 1.807) is 6.20 Å². The van der Waals surface area contributed by atoms with Crippen LogP contribution in [0.25, 0.3) is 0 Å². The summed E-state index contributed by atoms with van der Waals surface area (Å²) in [6, 6.07) is 9.68. The van der Waals surface area contributed by atoms with Crippen molar-refractivity contribution in [3.8, 4) is 0 Å². The smallest absolute Gasteiger partial charge is 0.255 e. The molecule has 1 fully saturated rings. The van der Waals surface area contributed by atoms with Crippen LogP contribution in [0.2, 0.25) is 0 Å². The fourth-order valence-corrected chi connectivity index (χ4v) is 5.00. The lowest BCUT2D eigenvalue weighted by atomic mass is 9.60. The molecule has 0 saturated heterocycles. The standard InChI is InChI=1S/C23H28N2O3/c1-3-23-9-8-19(26)12-18(23)14-28-13-17-11-16(6-7-20(17)23)22(27)25-21-5-4-10-24-15(21)2/h4-7,10-11,18-19,26H,3,8-9,12-14H2,1-2H3,(H,25,27). The summed E-state index contributed by atoms with van der Waals surface area (Å²) in [6.07, 6.45) is 5.07. The summed E-state index contributed by atoms with van der Waals surface area (Å²) in [5, 5.41) is 13.1. The number of hydrogen-bond acceptors (Lipinski definition) is 4. The van der Waals surface area contributed by atoms with Crippen LogP contribution in [-0.2, 0) is 16.8 Å². The molecule has 148 valence electrons. The molecule has 0 spiro atoms. The number of aromatic nitrogens is 1. The van der Waals surface area contributed by atoms with Crippen LogP contribution in [0.15, 0.2) is 36.5 Å². The molecule has 5 heteroatoms. The fourth-order valence-electron chi connectivity index (χ4n) is 5.00. The Morgan fingerprint density at radius 1 is 1.39 bits per heavy atom. The molecular formula is C23H28N2O3. The summed E-state index contributed by atoms with van der Waals surface area (Å²) in [5.41, 5.74) is 4.56. The molecule has 2 aliphatic rings. The van der Waals surface area contributed by atoms with Crippen LogP contribution in [0, 0.1) is 12.8 Å². The maximum Gasteiger partial charge on any atom is 0.255 e. The number of nitrogens with one attached hydrogen (secondary N) is 1. The number of amides is 1. The molecule has 1 aromatic carbocycles. The Bertz CT molecular complexity index is 882. The highest BCUT2D eigenvalue weighted by Gasteiger charge is 2.45.